The number of aryl methyl sites for hydroxylation is 3. The Balaban J connectivity index is 1.81. The highest BCUT2D eigenvalue weighted by Crippen LogP contribution is 2.25. The number of hydrogen-bond donors (Lipinski definition) is 0. The van der Waals surface area contributed by atoms with Crippen molar-refractivity contribution >= 4 is 17.7 Å². The van der Waals surface area contributed by atoms with E-state index >= 15 is 0 Å². The summed E-state index contributed by atoms with van der Waals surface area (Å²) in [6.45, 7) is 7.88. The molecule has 0 radical (unpaired) electrons. The van der Waals surface area contributed by atoms with Crippen molar-refractivity contribution in [1.29, 1.82) is 0 Å². The molecule has 1 amide bonds. The van der Waals surface area contributed by atoms with Crippen LogP contribution in [0.2, 0.25) is 0 Å². The molecule has 0 bridgehead atoms. The SMILES string of the molecule is Cc1ccc(C)c(-n2c(C)nnc2SCC(=O)N2CCCC2)c1. The molecule has 1 aliphatic rings. The quantitative estimate of drug-likeness (QED) is 0.809. The number of benzene rings is 1. The second-order valence-electron chi connectivity index (χ2n) is 6.03. The normalized spacial score (nSPS) is 14.5. The molecule has 1 aromatic heterocycles. The van der Waals surface area contributed by atoms with Gasteiger partial charge in [-0.25, -0.2) is 0 Å². The molecule has 2 aromatic rings. The molecule has 2 heterocycles. The molecule has 3 rings (SSSR count). The van der Waals surface area contributed by atoms with Gasteiger partial charge in [0.2, 0.25) is 5.91 Å². The molecule has 0 unspecified atom stereocenters. The Bertz CT molecular complexity index is 719. The molecule has 0 saturated carbocycles. The first-order valence-electron chi connectivity index (χ1n) is 7.96. The molecule has 6 heteroatoms. The van der Waals surface area contributed by atoms with Crippen molar-refractivity contribution in [3.8, 4) is 5.69 Å². The maximum atomic E-state index is 12.2. The van der Waals surface area contributed by atoms with Crippen LogP contribution in [0.3, 0.4) is 0 Å². The summed E-state index contributed by atoms with van der Waals surface area (Å²) in [5.41, 5.74) is 3.46. The van der Waals surface area contributed by atoms with Crippen molar-refractivity contribution in [3.63, 3.8) is 0 Å². The van der Waals surface area contributed by atoms with E-state index in [4.69, 9.17) is 0 Å². The molecule has 0 atom stereocenters. The minimum absolute atomic E-state index is 0.195. The van der Waals surface area contributed by atoms with Crippen LogP contribution < -0.4 is 0 Å². The second kappa shape index (κ2) is 6.74. The van der Waals surface area contributed by atoms with E-state index in [-0.39, 0.29) is 5.91 Å². The molecule has 1 aliphatic heterocycles. The van der Waals surface area contributed by atoms with E-state index in [2.05, 4.69) is 42.2 Å². The lowest BCUT2D eigenvalue weighted by Crippen LogP contribution is -2.29. The van der Waals surface area contributed by atoms with Crippen LogP contribution in [0.25, 0.3) is 5.69 Å². The molecule has 1 saturated heterocycles. The van der Waals surface area contributed by atoms with Gasteiger partial charge >= 0.3 is 0 Å². The Morgan fingerprint density at radius 1 is 1.17 bits per heavy atom. The van der Waals surface area contributed by atoms with Crippen LogP contribution in [0, 0.1) is 20.8 Å². The van der Waals surface area contributed by atoms with Crippen LogP contribution in [0.1, 0.15) is 29.8 Å². The van der Waals surface area contributed by atoms with Crippen LogP contribution in [0.15, 0.2) is 23.4 Å². The molecule has 0 N–H and O–H groups in total. The van der Waals surface area contributed by atoms with E-state index in [0.29, 0.717) is 5.75 Å². The molecule has 0 aliphatic carbocycles. The molecular formula is C17H22N4OS. The molecule has 122 valence electrons. The van der Waals surface area contributed by atoms with Gasteiger partial charge in [-0.2, -0.15) is 0 Å². The van der Waals surface area contributed by atoms with Gasteiger partial charge in [-0.05, 0) is 50.8 Å². The number of carbonyl (C=O) groups excluding carboxylic acids is 1. The number of amides is 1. The van der Waals surface area contributed by atoms with Gasteiger partial charge in [-0.3, -0.25) is 9.36 Å². The van der Waals surface area contributed by atoms with E-state index in [1.165, 1.54) is 22.9 Å². The summed E-state index contributed by atoms with van der Waals surface area (Å²) < 4.78 is 2.05. The van der Waals surface area contributed by atoms with Crippen LogP contribution in [-0.2, 0) is 4.79 Å². The van der Waals surface area contributed by atoms with Crippen molar-refractivity contribution in [2.24, 2.45) is 0 Å². The highest BCUT2D eigenvalue weighted by Gasteiger charge is 2.20. The standard InChI is InChI=1S/C17H22N4OS/c1-12-6-7-13(2)15(10-12)21-14(3)18-19-17(21)23-11-16(22)20-8-4-5-9-20/h6-7,10H,4-5,8-9,11H2,1-3H3. The fraction of sp³-hybridized carbons (Fsp3) is 0.471. The fourth-order valence-corrected chi connectivity index (χ4v) is 3.75. The van der Waals surface area contributed by atoms with E-state index < -0.39 is 0 Å². The third kappa shape index (κ3) is 3.42. The van der Waals surface area contributed by atoms with E-state index in [0.717, 1.165) is 42.6 Å². The number of nitrogens with zero attached hydrogens (tertiary/aromatic N) is 4. The largest absolute Gasteiger partial charge is 0.342 e. The predicted octanol–water partition coefficient (Wildman–Crippen LogP) is 2.91. The Morgan fingerprint density at radius 3 is 2.65 bits per heavy atom. The molecule has 23 heavy (non-hydrogen) atoms. The highest BCUT2D eigenvalue weighted by molar-refractivity contribution is 7.99. The van der Waals surface area contributed by atoms with Gasteiger partial charge < -0.3 is 4.90 Å². The monoisotopic (exact) mass is 330 g/mol. The minimum atomic E-state index is 0.195. The van der Waals surface area contributed by atoms with Crippen molar-refractivity contribution < 1.29 is 4.79 Å². The van der Waals surface area contributed by atoms with Crippen LogP contribution >= 0.6 is 11.8 Å². The Morgan fingerprint density at radius 2 is 1.91 bits per heavy atom. The van der Waals surface area contributed by atoms with E-state index in [1.54, 1.807) is 0 Å². The van der Waals surface area contributed by atoms with Gasteiger partial charge in [0.25, 0.3) is 0 Å². The van der Waals surface area contributed by atoms with Gasteiger partial charge in [0.1, 0.15) is 5.82 Å². The van der Waals surface area contributed by atoms with Gasteiger partial charge in [0, 0.05) is 13.1 Å². The van der Waals surface area contributed by atoms with Crippen LogP contribution in [0.4, 0.5) is 0 Å². The Labute approximate surface area is 141 Å². The summed E-state index contributed by atoms with van der Waals surface area (Å²) in [5.74, 6) is 1.46. The lowest BCUT2D eigenvalue weighted by Gasteiger charge is -2.15. The maximum absolute atomic E-state index is 12.2. The van der Waals surface area contributed by atoms with Gasteiger partial charge in [-0.1, -0.05) is 23.9 Å². The van der Waals surface area contributed by atoms with Crippen molar-refractivity contribution in [2.75, 3.05) is 18.8 Å². The van der Waals surface area contributed by atoms with Crippen molar-refractivity contribution in [2.45, 2.75) is 38.8 Å². The average Bonchev–Trinajstić information content (AvgIpc) is 3.17. The molecule has 0 spiro atoms. The van der Waals surface area contributed by atoms with Gasteiger partial charge in [0.15, 0.2) is 5.16 Å². The maximum Gasteiger partial charge on any atom is 0.233 e. The number of likely N-dealkylation sites (tertiary alicyclic amines) is 1. The van der Waals surface area contributed by atoms with Gasteiger partial charge in [0.05, 0.1) is 11.4 Å². The summed E-state index contributed by atoms with van der Waals surface area (Å²) in [6.07, 6.45) is 2.24. The van der Waals surface area contributed by atoms with Crippen molar-refractivity contribution in [1.82, 2.24) is 19.7 Å². The number of hydrogen-bond acceptors (Lipinski definition) is 4. The fourth-order valence-electron chi connectivity index (χ4n) is 2.86. The minimum Gasteiger partial charge on any atom is -0.342 e. The number of thioether (sulfide) groups is 1. The Kier molecular flexibility index (Phi) is 4.71. The summed E-state index contributed by atoms with van der Waals surface area (Å²) in [7, 11) is 0. The average molecular weight is 330 g/mol. The van der Waals surface area contributed by atoms with E-state index in [1.807, 2.05) is 16.4 Å². The third-order valence-corrected chi connectivity index (χ3v) is 5.10. The smallest absolute Gasteiger partial charge is 0.233 e. The Hall–Kier alpha value is -1.82. The highest BCUT2D eigenvalue weighted by atomic mass is 32.2. The summed E-state index contributed by atoms with van der Waals surface area (Å²) >= 11 is 1.47. The summed E-state index contributed by atoms with van der Waals surface area (Å²) in [5, 5.41) is 9.25. The van der Waals surface area contributed by atoms with Crippen LogP contribution in [-0.4, -0.2) is 44.4 Å². The van der Waals surface area contributed by atoms with E-state index in [9.17, 15) is 4.79 Å². The van der Waals surface area contributed by atoms with Crippen LogP contribution in [0.5, 0.6) is 0 Å². The van der Waals surface area contributed by atoms with Crippen molar-refractivity contribution in [3.05, 3.63) is 35.2 Å². The van der Waals surface area contributed by atoms with Gasteiger partial charge in [-0.15, -0.1) is 10.2 Å². The zero-order chi connectivity index (χ0) is 16.4. The zero-order valence-corrected chi connectivity index (χ0v) is 14.7. The summed E-state index contributed by atoms with van der Waals surface area (Å²) in [6, 6.07) is 6.34. The topological polar surface area (TPSA) is 51.0 Å². The lowest BCUT2D eigenvalue weighted by molar-refractivity contribution is -0.127. The third-order valence-electron chi connectivity index (χ3n) is 4.18. The first-order chi connectivity index (χ1) is 11.1. The number of rotatable bonds is 4. The zero-order valence-electron chi connectivity index (χ0n) is 13.9. The second-order valence-corrected chi connectivity index (χ2v) is 6.97. The molecule has 1 fully saturated rings. The summed E-state index contributed by atoms with van der Waals surface area (Å²) in [4.78, 5) is 14.2. The molecule has 1 aromatic carbocycles. The number of carbonyl (C=O) groups is 1. The first-order valence-corrected chi connectivity index (χ1v) is 8.95. The first kappa shape index (κ1) is 16.1. The number of aromatic nitrogens is 3. The lowest BCUT2D eigenvalue weighted by atomic mass is 10.1. The molecule has 5 nitrogen and oxygen atoms in total. The molecular weight excluding hydrogens is 308 g/mol. The predicted molar refractivity (Wildman–Crippen MR) is 92.1 cm³/mol.